The third-order valence-corrected chi connectivity index (χ3v) is 5.45. The van der Waals surface area contributed by atoms with Crippen LogP contribution in [0.4, 0.5) is 0 Å². The number of rotatable bonds is 6. The van der Waals surface area contributed by atoms with Crippen LogP contribution in [0.3, 0.4) is 0 Å². The third-order valence-electron chi connectivity index (χ3n) is 4.18. The molecule has 1 aliphatic rings. The molecule has 2 heterocycles. The molecule has 0 bridgehead atoms. The quantitative estimate of drug-likeness (QED) is 0.728. The van der Waals surface area contributed by atoms with Gasteiger partial charge in [0.25, 0.3) is 0 Å². The molecule has 1 saturated heterocycles. The van der Waals surface area contributed by atoms with Crippen molar-refractivity contribution in [1.29, 1.82) is 0 Å². The molecule has 0 saturated carbocycles. The number of hydrogen-bond acceptors (Lipinski definition) is 3. The fraction of sp³-hybridized carbons (Fsp3) is 0.500. The summed E-state index contributed by atoms with van der Waals surface area (Å²) in [6, 6.07) is 10.5. The molecule has 1 aromatic carbocycles. The van der Waals surface area contributed by atoms with Crippen LogP contribution in [0.5, 0.6) is 0 Å². The number of aromatic nitrogens is 2. The summed E-state index contributed by atoms with van der Waals surface area (Å²) in [5, 5.41) is 1.69. The van der Waals surface area contributed by atoms with Crippen molar-refractivity contribution < 1.29 is 4.74 Å². The van der Waals surface area contributed by atoms with E-state index < -0.39 is 0 Å². The van der Waals surface area contributed by atoms with E-state index >= 15 is 0 Å². The van der Waals surface area contributed by atoms with Crippen molar-refractivity contribution >= 4 is 11.8 Å². The maximum atomic E-state index is 5.85. The van der Waals surface area contributed by atoms with Gasteiger partial charge in [0.15, 0.2) is 5.16 Å². The number of nitrogens with zero attached hydrogens (tertiary/aromatic N) is 2. The molecule has 2 atom stereocenters. The second-order valence-corrected chi connectivity index (χ2v) is 7.28. The minimum absolute atomic E-state index is 0.327. The highest BCUT2D eigenvalue weighted by molar-refractivity contribution is 7.99. The van der Waals surface area contributed by atoms with Gasteiger partial charge in [0.1, 0.15) is 0 Å². The normalized spacial score (nSPS) is 19.5. The topological polar surface area (TPSA) is 27.1 Å². The number of hydrogen-bond donors (Lipinski definition) is 0. The van der Waals surface area contributed by atoms with E-state index in [0.717, 1.165) is 31.1 Å². The Morgan fingerprint density at radius 1 is 1.36 bits per heavy atom. The highest BCUT2D eigenvalue weighted by Gasteiger charge is 2.21. The van der Waals surface area contributed by atoms with E-state index in [0.29, 0.717) is 11.4 Å². The summed E-state index contributed by atoms with van der Waals surface area (Å²) in [6.45, 7) is 6.29. The van der Waals surface area contributed by atoms with Gasteiger partial charge < -0.3 is 9.30 Å². The first kappa shape index (κ1) is 15.6. The first-order chi connectivity index (χ1) is 10.8. The van der Waals surface area contributed by atoms with E-state index in [9.17, 15) is 0 Å². The summed E-state index contributed by atoms with van der Waals surface area (Å²) >= 11 is 1.87. The average Bonchev–Trinajstić information content (AvgIpc) is 3.19. The Bertz CT molecular complexity index is 590. The van der Waals surface area contributed by atoms with Crippen LogP contribution in [0.2, 0.25) is 0 Å². The second kappa shape index (κ2) is 7.34. The van der Waals surface area contributed by atoms with Crippen molar-refractivity contribution in [3.63, 3.8) is 0 Å². The minimum Gasteiger partial charge on any atom is -0.376 e. The zero-order chi connectivity index (χ0) is 15.4. The molecule has 2 aromatic rings. The van der Waals surface area contributed by atoms with Crippen LogP contribution in [0, 0.1) is 0 Å². The van der Waals surface area contributed by atoms with Crippen molar-refractivity contribution in [2.75, 3.05) is 6.61 Å². The van der Waals surface area contributed by atoms with Crippen molar-refractivity contribution in [1.82, 2.24) is 9.55 Å². The monoisotopic (exact) mass is 316 g/mol. The molecule has 2 unspecified atom stereocenters. The van der Waals surface area contributed by atoms with Crippen LogP contribution >= 0.6 is 11.8 Å². The molecular weight excluding hydrogens is 292 g/mol. The van der Waals surface area contributed by atoms with Gasteiger partial charge in [0.2, 0.25) is 0 Å². The molecule has 22 heavy (non-hydrogen) atoms. The number of imidazole rings is 1. The van der Waals surface area contributed by atoms with E-state index in [4.69, 9.17) is 9.72 Å². The van der Waals surface area contributed by atoms with Gasteiger partial charge in [-0.1, -0.05) is 55.9 Å². The van der Waals surface area contributed by atoms with Crippen LogP contribution in [0.1, 0.15) is 33.1 Å². The highest BCUT2D eigenvalue weighted by Crippen LogP contribution is 2.30. The lowest BCUT2D eigenvalue weighted by molar-refractivity contribution is 0.0953. The van der Waals surface area contributed by atoms with Gasteiger partial charge in [-0.15, -0.1) is 0 Å². The maximum absolute atomic E-state index is 5.85. The molecule has 0 N–H and O–H groups in total. The molecule has 3 nitrogen and oxygen atoms in total. The fourth-order valence-corrected chi connectivity index (χ4v) is 3.66. The van der Waals surface area contributed by atoms with Gasteiger partial charge in [-0.2, -0.15) is 0 Å². The smallest absolute Gasteiger partial charge is 0.168 e. The van der Waals surface area contributed by atoms with E-state index in [1.807, 2.05) is 18.0 Å². The molecule has 0 spiro atoms. The van der Waals surface area contributed by atoms with E-state index in [2.05, 4.69) is 48.7 Å². The molecule has 1 fully saturated rings. The van der Waals surface area contributed by atoms with Gasteiger partial charge in [-0.25, -0.2) is 4.98 Å². The van der Waals surface area contributed by atoms with Crippen LogP contribution in [0.15, 0.2) is 41.7 Å². The molecule has 0 aliphatic carbocycles. The SMILES string of the molecule is CCC(C)Sc1ncc(-c2ccccc2)n1CC1CCCO1. The van der Waals surface area contributed by atoms with Gasteiger partial charge in [-0.3, -0.25) is 0 Å². The Morgan fingerprint density at radius 3 is 2.86 bits per heavy atom. The summed E-state index contributed by atoms with van der Waals surface area (Å²) in [5.41, 5.74) is 2.42. The van der Waals surface area contributed by atoms with Crippen molar-refractivity contribution in [2.45, 2.75) is 56.2 Å². The molecule has 0 radical (unpaired) electrons. The molecule has 0 amide bonds. The van der Waals surface area contributed by atoms with Crippen LogP contribution in [0.25, 0.3) is 11.3 Å². The largest absolute Gasteiger partial charge is 0.376 e. The summed E-state index contributed by atoms with van der Waals surface area (Å²) in [4.78, 5) is 4.69. The number of ether oxygens (including phenoxy) is 1. The lowest BCUT2D eigenvalue weighted by Crippen LogP contribution is -2.17. The van der Waals surface area contributed by atoms with E-state index in [1.165, 1.54) is 17.7 Å². The molecule has 1 aromatic heterocycles. The average molecular weight is 316 g/mol. The Morgan fingerprint density at radius 2 is 2.18 bits per heavy atom. The minimum atomic E-state index is 0.327. The Kier molecular flexibility index (Phi) is 5.21. The summed E-state index contributed by atoms with van der Waals surface area (Å²) in [6.07, 6.45) is 5.81. The van der Waals surface area contributed by atoms with Crippen LogP contribution in [-0.2, 0) is 11.3 Å². The third kappa shape index (κ3) is 3.55. The highest BCUT2D eigenvalue weighted by atomic mass is 32.2. The lowest BCUT2D eigenvalue weighted by atomic mass is 10.1. The second-order valence-electron chi connectivity index (χ2n) is 5.87. The first-order valence-corrected chi connectivity index (χ1v) is 9.05. The maximum Gasteiger partial charge on any atom is 0.168 e. The van der Waals surface area contributed by atoms with E-state index in [1.54, 1.807) is 0 Å². The van der Waals surface area contributed by atoms with Gasteiger partial charge in [-0.05, 0) is 24.8 Å². The fourth-order valence-electron chi connectivity index (χ4n) is 2.72. The Hall–Kier alpha value is -1.26. The van der Waals surface area contributed by atoms with Crippen LogP contribution < -0.4 is 0 Å². The van der Waals surface area contributed by atoms with Gasteiger partial charge in [0.05, 0.1) is 24.5 Å². The molecule has 4 heteroatoms. The predicted molar refractivity (Wildman–Crippen MR) is 92.2 cm³/mol. The van der Waals surface area contributed by atoms with E-state index in [-0.39, 0.29) is 0 Å². The van der Waals surface area contributed by atoms with Crippen molar-refractivity contribution in [3.05, 3.63) is 36.5 Å². The zero-order valence-corrected chi connectivity index (χ0v) is 14.2. The molecular formula is C18H24N2OS. The predicted octanol–water partition coefficient (Wildman–Crippen LogP) is 4.62. The number of thioether (sulfide) groups is 1. The Labute approximate surface area is 137 Å². The summed E-state index contributed by atoms with van der Waals surface area (Å²) in [5.74, 6) is 0. The molecule has 3 rings (SSSR count). The lowest BCUT2D eigenvalue weighted by Gasteiger charge is -2.17. The first-order valence-electron chi connectivity index (χ1n) is 8.17. The summed E-state index contributed by atoms with van der Waals surface area (Å²) in [7, 11) is 0. The van der Waals surface area contributed by atoms with Gasteiger partial charge >= 0.3 is 0 Å². The standard InChI is InChI=1S/C18H24N2OS/c1-3-14(2)22-18-19-12-17(15-8-5-4-6-9-15)20(18)13-16-10-7-11-21-16/h4-6,8-9,12,14,16H,3,7,10-11,13H2,1-2H3. The van der Waals surface area contributed by atoms with Gasteiger partial charge in [0, 0.05) is 11.9 Å². The van der Waals surface area contributed by atoms with Crippen molar-refractivity contribution in [2.24, 2.45) is 0 Å². The summed E-state index contributed by atoms with van der Waals surface area (Å²) < 4.78 is 8.19. The molecule has 1 aliphatic heterocycles. The zero-order valence-electron chi connectivity index (χ0n) is 13.4. The molecule has 118 valence electrons. The Balaban J connectivity index is 1.91. The number of benzene rings is 1. The van der Waals surface area contributed by atoms with Crippen molar-refractivity contribution in [3.8, 4) is 11.3 Å². The van der Waals surface area contributed by atoms with Crippen LogP contribution in [-0.4, -0.2) is 27.5 Å².